The van der Waals surface area contributed by atoms with Gasteiger partial charge in [0, 0.05) is 31.6 Å². The van der Waals surface area contributed by atoms with Gasteiger partial charge >= 0.3 is 0 Å². The Kier molecular flexibility index (Phi) is 4.16. The van der Waals surface area contributed by atoms with E-state index in [0.29, 0.717) is 12.0 Å². The van der Waals surface area contributed by atoms with Crippen molar-refractivity contribution in [2.24, 2.45) is 5.92 Å². The fourth-order valence-electron chi connectivity index (χ4n) is 2.33. The summed E-state index contributed by atoms with van der Waals surface area (Å²) in [5.74, 6) is 0.596. The lowest BCUT2D eigenvalue weighted by atomic mass is 9.87. The summed E-state index contributed by atoms with van der Waals surface area (Å²) < 4.78 is 5.39. The second-order valence-electron chi connectivity index (χ2n) is 4.11. The zero-order chi connectivity index (χ0) is 11.4. The van der Waals surface area contributed by atoms with Crippen LogP contribution in [-0.4, -0.2) is 25.2 Å². The van der Waals surface area contributed by atoms with E-state index in [1.165, 1.54) is 0 Å². The Morgan fingerprint density at radius 3 is 2.88 bits per heavy atom. The first-order chi connectivity index (χ1) is 7.83. The molecule has 2 rings (SSSR count). The molecule has 1 atom stereocenters. The second kappa shape index (κ2) is 5.62. The summed E-state index contributed by atoms with van der Waals surface area (Å²) in [6.45, 7) is 1.71. The van der Waals surface area contributed by atoms with E-state index in [4.69, 9.17) is 16.3 Å². The maximum absolute atomic E-state index is 6.18. The SMILES string of the molecule is CNC(c1ccncc1Cl)C1CCOCC1. The van der Waals surface area contributed by atoms with E-state index >= 15 is 0 Å². The van der Waals surface area contributed by atoms with Gasteiger partial charge in [-0.25, -0.2) is 0 Å². The summed E-state index contributed by atoms with van der Waals surface area (Å²) in [6.07, 6.45) is 5.68. The van der Waals surface area contributed by atoms with Crippen molar-refractivity contribution >= 4 is 11.6 Å². The maximum Gasteiger partial charge on any atom is 0.0637 e. The van der Waals surface area contributed by atoms with Crippen LogP contribution < -0.4 is 5.32 Å². The fraction of sp³-hybridized carbons (Fsp3) is 0.583. The Labute approximate surface area is 101 Å². The molecule has 1 fully saturated rings. The van der Waals surface area contributed by atoms with E-state index in [1.807, 2.05) is 13.1 Å². The predicted octanol–water partition coefficient (Wildman–Crippen LogP) is 2.42. The van der Waals surface area contributed by atoms with Crippen molar-refractivity contribution in [3.8, 4) is 0 Å². The summed E-state index contributed by atoms with van der Waals surface area (Å²) in [5.41, 5.74) is 1.14. The first kappa shape index (κ1) is 11.8. The van der Waals surface area contributed by atoms with Crippen LogP contribution in [0.5, 0.6) is 0 Å². The lowest BCUT2D eigenvalue weighted by Gasteiger charge is -2.30. The first-order valence-electron chi connectivity index (χ1n) is 5.67. The van der Waals surface area contributed by atoms with Gasteiger partial charge in [0.1, 0.15) is 0 Å². The van der Waals surface area contributed by atoms with E-state index in [2.05, 4.69) is 10.3 Å². The van der Waals surface area contributed by atoms with Crippen LogP contribution in [0.3, 0.4) is 0 Å². The van der Waals surface area contributed by atoms with Crippen molar-refractivity contribution in [1.29, 1.82) is 0 Å². The van der Waals surface area contributed by atoms with Crippen molar-refractivity contribution in [3.63, 3.8) is 0 Å². The summed E-state index contributed by atoms with van der Waals surface area (Å²) >= 11 is 6.18. The summed E-state index contributed by atoms with van der Waals surface area (Å²) in [7, 11) is 1.98. The van der Waals surface area contributed by atoms with Crippen LogP contribution in [-0.2, 0) is 4.74 Å². The highest BCUT2D eigenvalue weighted by Crippen LogP contribution is 2.32. The van der Waals surface area contributed by atoms with Crippen LogP contribution in [0.1, 0.15) is 24.4 Å². The van der Waals surface area contributed by atoms with Crippen LogP contribution >= 0.6 is 11.6 Å². The Hall–Kier alpha value is -0.640. The number of nitrogens with one attached hydrogen (secondary N) is 1. The molecule has 3 nitrogen and oxygen atoms in total. The highest BCUT2D eigenvalue weighted by molar-refractivity contribution is 6.31. The van der Waals surface area contributed by atoms with Crippen molar-refractivity contribution in [3.05, 3.63) is 29.0 Å². The number of ether oxygens (including phenoxy) is 1. The molecule has 1 saturated heterocycles. The van der Waals surface area contributed by atoms with Crippen molar-refractivity contribution in [2.45, 2.75) is 18.9 Å². The molecule has 1 unspecified atom stereocenters. The minimum atomic E-state index is 0.305. The second-order valence-corrected chi connectivity index (χ2v) is 4.52. The molecule has 16 heavy (non-hydrogen) atoms. The highest BCUT2D eigenvalue weighted by atomic mass is 35.5. The van der Waals surface area contributed by atoms with Gasteiger partial charge in [0.15, 0.2) is 0 Å². The summed E-state index contributed by atoms with van der Waals surface area (Å²) in [4.78, 5) is 4.02. The van der Waals surface area contributed by atoms with Gasteiger partial charge in [-0.05, 0) is 37.4 Å². The van der Waals surface area contributed by atoms with Crippen LogP contribution in [0.2, 0.25) is 5.02 Å². The first-order valence-corrected chi connectivity index (χ1v) is 6.05. The molecule has 2 heterocycles. The predicted molar refractivity (Wildman–Crippen MR) is 64.6 cm³/mol. The minimum absolute atomic E-state index is 0.305. The van der Waals surface area contributed by atoms with Crippen molar-refractivity contribution < 1.29 is 4.74 Å². The monoisotopic (exact) mass is 240 g/mol. The smallest absolute Gasteiger partial charge is 0.0637 e. The molecule has 1 aromatic rings. The number of pyridine rings is 1. The number of hydrogen-bond acceptors (Lipinski definition) is 3. The average Bonchev–Trinajstić information content (AvgIpc) is 2.34. The number of nitrogens with zero attached hydrogens (tertiary/aromatic N) is 1. The maximum atomic E-state index is 6.18. The van der Waals surface area contributed by atoms with Crippen molar-refractivity contribution in [1.82, 2.24) is 10.3 Å². The third kappa shape index (κ3) is 2.54. The van der Waals surface area contributed by atoms with Gasteiger partial charge < -0.3 is 10.1 Å². The third-order valence-corrected chi connectivity index (χ3v) is 3.50. The standard InChI is InChI=1S/C12H17ClN2O/c1-14-12(9-3-6-16-7-4-9)10-2-5-15-8-11(10)13/h2,5,8-9,12,14H,3-4,6-7H2,1H3. The normalized spacial score (nSPS) is 19.6. The minimum Gasteiger partial charge on any atom is -0.381 e. The number of rotatable bonds is 3. The molecule has 1 aliphatic rings. The number of aromatic nitrogens is 1. The Balaban J connectivity index is 2.18. The Morgan fingerprint density at radius 2 is 2.25 bits per heavy atom. The van der Waals surface area contributed by atoms with Crippen LogP contribution in [0.25, 0.3) is 0 Å². The van der Waals surface area contributed by atoms with Gasteiger partial charge in [-0.1, -0.05) is 11.6 Å². The van der Waals surface area contributed by atoms with Gasteiger partial charge in [-0.3, -0.25) is 4.98 Å². The number of hydrogen-bond donors (Lipinski definition) is 1. The molecule has 1 aliphatic heterocycles. The highest BCUT2D eigenvalue weighted by Gasteiger charge is 2.25. The van der Waals surface area contributed by atoms with Gasteiger partial charge in [-0.2, -0.15) is 0 Å². The van der Waals surface area contributed by atoms with Crippen LogP contribution in [0.4, 0.5) is 0 Å². The lowest BCUT2D eigenvalue weighted by molar-refractivity contribution is 0.0546. The number of halogens is 1. The van der Waals surface area contributed by atoms with Gasteiger partial charge in [0.05, 0.1) is 5.02 Å². The average molecular weight is 241 g/mol. The van der Waals surface area contributed by atoms with Gasteiger partial charge in [0.25, 0.3) is 0 Å². The largest absolute Gasteiger partial charge is 0.381 e. The molecule has 0 aromatic carbocycles. The molecule has 88 valence electrons. The summed E-state index contributed by atoms with van der Waals surface area (Å²) in [6, 6.07) is 2.30. The molecule has 0 saturated carbocycles. The quantitative estimate of drug-likeness (QED) is 0.881. The Morgan fingerprint density at radius 1 is 1.50 bits per heavy atom. The molecule has 4 heteroatoms. The van der Waals surface area contributed by atoms with Crippen LogP contribution in [0, 0.1) is 5.92 Å². The molecule has 1 N–H and O–H groups in total. The van der Waals surface area contributed by atoms with Gasteiger partial charge in [0.2, 0.25) is 0 Å². The molecule has 0 aliphatic carbocycles. The van der Waals surface area contributed by atoms with E-state index in [0.717, 1.165) is 36.6 Å². The summed E-state index contributed by atoms with van der Waals surface area (Å²) in [5, 5.41) is 4.10. The third-order valence-electron chi connectivity index (χ3n) is 3.19. The molecular weight excluding hydrogens is 224 g/mol. The molecule has 0 spiro atoms. The molecule has 0 radical (unpaired) electrons. The molecule has 1 aromatic heterocycles. The van der Waals surface area contributed by atoms with E-state index in [1.54, 1.807) is 12.4 Å². The van der Waals surface area contributed by atoms with Gasteiger partial charge in [-0.15, -0.1) is 0 Å². The zero-order valence-corrected chi connectivity index (χ0v) is 10.2. The zero-order valence-electron chi connectivity index (χ0n) is 9.45. The molecule has 0 bridgehead atoms. The van der Waals surface area contributed by atoms with Crippen LogP contribution in [0.15, 0.2) is 18.5 Å². The Bertz CT molecular complexity index is 340. The lowest BCUT2D eigenvalue weighted by Crippen LogP contribution is -2.30. The molecule has 0 amide bonds. The van der Waals surface area contributed by atoms with E-state index < -0.39 is 0 Å². The fourth-order valence-corrected chi connectivity index (χ4v) is 2.57. The van der Waals surface area contributed by atoms with E-state index in [9.17, 15) is 0 Å². The molecular formula is C12H17ClN2O. The van der Waals surface area contributed by atoms with E-state index in [-0.39, 0.29) is 0 Å². The topological polar surface area (TPSA) is 34.2 Å². The van der Waals surface area contributed by atoms with Crippen molar-refractivity contribution in [2.75, 3.05) is 20.3 Å².